The number of nitrogens with one attached hydrogen (secondary N) is 2. The number of rotatable bonds is 5. The van der Waals surface area contributed by atoms with Gasteiger partial charge in [0.25, 0.3) is 0 Å². The standard InChI is InChI=1S/C19H27N3O4/c23-17(24)13-19(26)7-5-14(6-8-19)18(25)21-15-1-3-16(4-2-15)22-11-9-20-10-12-22/h1-4,14,20,26H,5-13H2,(H,21,25)(H,23,24)/t14-,19-. The lowest BCUT2D eigenvalue weighted by atomic mass is 9.77. The van der Waals surface area contributed by atoms with E-state index >= 15 is 0 Å². The van der Waals surface area contributed by atoms with Crippen molar-refractivity contribution in [3.05, 3.63) is 24.3 Å². The molecule has 0 bridgehead atoms. The molecular weight excluding hydrogens is 334 g/mol. The number of carbonyl (C=O) groups is 2. The largest absolute Gasteiger partial charge is 0.481 e. The summed E-state index contributed by atoms with van der Waals surface area (Å²) >= 11 is 0. The normalized spacial score (nSPS) is 26.3. The van der Waals surface area contributed by atoms with Crippen LogP contribution >= 0.6 is 0 Å². The molecule has 3 rings (SSSR count). The quantitative estimate of drug-likeness (QED) is 0.633. The van der Waals surface area contributed by atoms with E-state index in [0.717, 1.165) is 37.6 Å². The number of aliphatic carboxylic acids is 1. The Morgan fingerprint density at radius 2 is 1.77 bits per heavy atom. The van der Waals surface area contributed by atoms with Gasteiger partial charge >= 0.3 is 5.97 Å². The summed E-state index contributed by atoms with van der Waals surface area (Å²) in [7, 11) is 0. The third kappa shape index (κ3) is 4.74. The van der Waals surface area contributed by atoms with Crippen molar-refractivity contribution in [2.75, 3.05) is 36.4 Å². The van der Waals surface area contributed by atoms with Crippen LogP contribution in [-0.2, 0) is 9.59 Å². The first kappa shape index (κ1) is 18.7. The number of benzene rings is 1. The highest BCUT2D eigenvalue weighted by Crippen LogP contribution is 2.35. The van der Waals surface area contributed by atoms with Gasteiger partial charge in [-0.25, -0.2) is 0 Å². The van der Waals surface area contributed by atoms with Crippen molar-refractivity contribution in [1.82, 2.24) is 5.32 Å². The van der Waals surface area contributed by atoms with Crippen molar-refractivity contribution >= 4 is 23.3 Å². The fourth-order valence-electron chi connectivity index (χ4n) is 3.80. The summed E-state index contributed by atoms with van der Waals surface area (Å²) in [5.74, 6) is -1.24. The molecule has 0 atom stereocenters. The number of anilines is 2. The highest BCUT2D eigenvalue weighted by molar-refractivity contribution is 5.92. The minimum absolute atomic E-state index is 0.0581. The molecule has 1 saturated heterocycles. The Bertz CT molecular complexity index is 633. The zero-order valence-electron chi connectivity index (χ0n) is 14.9. The monoisotopic (exact) mass is 361 g/mol. The number of nitrogens with zero attached hydrogens (tertiary/aromatic N) is 1. The minimum atomic E-state index is -1.17. The molecule has 0 unspecified atom stereocenters. The van der Waals surface area contributed by atoms with Gasteiger partial charge in [-0.15, -0.1) is 0 Å². The van der Waals surface area contributed by atoms with E-state index in [0.29, 0.717) is 25.7 Å². The van der Waals surface area contributed by atoms with Crippen LogP contribution < -0.4 is 15.5 Å². The Morgan fingerprint density at radius 1 is 1.15 bits per heavy atom. The van der Waals surface area contributed by atoms with E-state index in [1.165, 1.54) is 0 Å². The third-order valence-corrected chi connectivity index (χ3v) is 5.38. The molecule has 0 aromatic heterocycles. The highest BCUT2D eigenvalue weighted by Gasteiger charge is 2.37. The van der Waals surface area contributed by atoms with E-state index < -0.39 is 11.6 Å². The van der Waals surface area contributed by atoms with Crippen molar-refractivity contribution in [2.24, 2.45) is 5.92 Å². The molecule has 0 radical (unpaired) electrons. The van der Waals surface area contributed by atoms with E-state index in [-0.39, 0.29) is 18.2 Å². The molecule has 2 fully saturated rings. The van der Waals surface area contributed by atoms with E-state index in [4.69, 9.17) is 5.11 Å². The van der Waals surface area contributed by atoms with Gasteiger partial charge in [0, 0.05) is 43.5 Å². The predicted molar refractivity (Wildman–Crippen MR) is 99.3 cm³/mol. The minimum Gasteiger partial charge on any atom is -0.481 e. The van der Waals surface area contributed by atoms with Gasteiger partial charge in [0.2, 0.25) is 5.91 Å². The smallest absolute Gasteiger partial charge is 0.306 e. The number of amides is 1. The summed E-state index contributed by atoms with van der Waals surface area (Å²) in [6, 6.07) is 7.87. The average Bonchev–Trinajstić information content (AvgIpc) is 2.62. The Morgan fingerprint density at radius 3 is 2.35 bits per heavy atom. The number of aliphatic hydroxyl groups is 1. The molecule has 1 amide bonds. The lowest BCUT2D eigenvalue weighted by Gasteiger charge is -2.34. The molecule has 142 valence electrons. The molecule has 1 aliphatic carbocycles. The molecular formula is C19H27N3O4. The Hall–Kier alpha value is -2.12. The van der Waals surface area contributed by atoms with Crippen LogP contribution in [0.25, 0.3) is 0 Å². The summed E-state index contributed by atoms with van der Waals surface area (Å²) in [4.78, 5) is 25.6. The number of carboxylic acids is 1. The lowest BCUT2D eigenvalue weighted by molar-refractivity contribution is -0.144. The Labute approximate surface area is 153 Å². The number of hydrogen-bond acceptors (Lipinski definition) is 5. The van der Waals surface area contributed by atoms with Crippen LogP contribution in [0.1, 0.15) is 32.1 Å². The van der Waals surface area contributed by atoms with Gasteiger partial charge in [-0.2, -0.15) is 0 Å². The first-order valence-electron chi connectivity index (χ1n) is 9.26. The van der Waals surface area contributed by atoms with Gasteiger partial charge in [0.1, 0.15) is 0 Å². The second-order valence-electron chi connectivity index (χ2n) is 7.34. The fraction of sp³-hybridized carbons (Fsp3) is 0.579. The maximum Gasteiger partial charge on any atom is 0.306 e. The number of hydrogen-bond donors (Lipinski definition) is 4. The molecule has 1 aromatic rings. The molecule has 7 nitrogen and oxygen atoms in total. The van der Waals surface area contributed by atoms with Gasteiger partial charge in [-0.1, -0.05) is 0 Å². The van der Waals surface area contributed by atoms with E-state index in [2.05, 4.69) is 15.5 Å². The molecule has 1 aromatic carbocycles. The molecule has 1 saturated carbocycles. The second kappa shape index (κ2) is 8.05. The summed E-state index contributed by atoms with van der Waals surface area (Å²) in [5.41, 5.74) is 0.745. The van der Waals surface area contributed by atoms with Crippen LogP contribution in [0, 0.1) is 5.92 Å². The van der Waals surface area contributed by atoms with E-state index in [1.54, 1.807) is 0 Å². The SMILES string of the molecule is O=C(O)C[C@]1(O)CC[C@H](C(=O)Nc2ccc(N3CCNCC3)cc2)CC1. The zero-order chi connectivity index (χ0) is 18.6. The topological polar surface area (TPSA) is 102 Å². The van der Waals surface area contributed by atoms with Crippen LogP contribution in [0.3, 0.4) is 0 Å². The molecule has 7 heteroatoms. The van der Waals surface area contributed by atoms with Gasteiger partial charge < -0.3 is 25.7 Å². The summed E-state index contributed by atoms with van der Waals surface area (Å²) in [6.45, 7) is 3.92. The number of piperazine rings is 1. The van der Waals surface area contributed by atoms with Crippen molar-refractivity contribution in [1.29, 1.82) is 0 Å². The predicted octanol–water partition coefficient (Wildman–Crippen LogP) is 1.43. The summed E-state index contributed by atoms with van der Waals surface area (Å²) in [5, 5.41) is 25.4. The van der Waals surface area contributed by atoms with Gasteiger partial charge in [-0.05, 0) is 49.9 Å². The maximum atomic E-state index is 12.5. The van der Waals surface area contributed by atoms with E-state index in [1.807, 2.05) is 24.3 Å². The average molecular weight is 361 g/mol. The molecule has 0 spiro atoms. The third-order valence-electron chi connectivity index (χ3n) is 5.38. The van der Waals surface area contributed by atoms with Gasteiger partial charge in [0.05, 0.1) is 12.0 Å². The molecule has 26 heavy (non-hydrogen) atoms. The van der Waals surface area contributed by atoms with Crippen LogP contribution in [0.4, 0.5) is 11.4 Å². The van der Waals surface area contributed by atoms with Crippen molar-refractivity contribution in [2.45, 2.75) is 37.7 Å². The Balaban J connectivity index is 1.51. The van der Waals surface area contributed by atoms with Crippen LogP contribution in [-0.4, -0.2) is 53.9 Å². The van der Waals surface area contributed by atoms with Crippen LogP contribution in [0.15, 0.2) is 24.3 Å². The molecule has 1 heterocycles. The summed E-state index contributed by atoms with van der Waals surface area (Å²) < 4.78 is 0. The van der Waals surface area contributed by atoms with Crippen molar-refractivity contribution in [3.8, 4) is 0 Å². The first-order valence-corrected chi connectivity index (χ1v) is 9.26. The lowest BCUT2D eigenvalue weighted by Crippen LogP contribution is -2.43. The number of carbonyl (C=O) groups excluding carboxylic acids is 1. The molecule has 4 N–H and O–H groups in total. The first-order chi connectivity index (χ1) is 12.5. The zero-order valence-corrected chi connectivity index (χ0v) is 14.9. The maximum absolute atomic E-state index is 12.5. The second-order valence-corrected chi connectivity index (χ2v) is 7.34. The van der Waals surface area contributed by atoms with Gasteiger partial charge in [0.15, 0.2) is 0 Å². The van der Waals surface area contributed by atoms with Crippen LogP contribution in [0.5, 0.6) is 0 Å². The van der Waals surface area contributed by atoms with Gasteiger partial charge in [-0.3, -0.25) is 9.59 Å². The summed E-state index contributed by atoms with van der Waals surface area (Å²) in [6.07, 6.45) is 1.45. The molecule has 1 aliphatic heterocycles. The van der Waals surface area contributed by atoms with Crippen LogP contribution in [0.2, 0.25) is 0 Å². The van der Waals surface area contributed by atoms with Crippen molar-refractivity contribution in [3.63, 3.8) is 0 Å². The number of carboxylic acid groups (broad SMARTS) is 1. The Kier molecular flexibility index (Phi) is 5.78. The molecule has 2 aliphatic rings. The van der Waals surface area contributed by atoms with Crippen molar-refractivity contribution < 1.29 is 19.8 Å². The fourth-order valence-corrected chi connectivity index (χ4v) is 3.80. The van der Waals surface area contributed by atoms with E-state index in [9.17, 15) is 14.7 Å². The highest BCUT2D eigenvalue weighted by atomic mass is 16.4.